The quantitative estimate of drug-likeness (QED) is 0.771. The van der Waals surface area contributed by atoms with E-state index in [2.05, 4.69) is 54.0 Å². The molecule has 1 aromatic heterocycles. The van der Waals surface area contributed by atoms with Gasteiger partial charge in [-0.15, -0.1) is 0 Å². The number of methoxy groups -OCH3 is 1. The van der Waals surface area contributed by atoms with Crippen molar-refractivity contribution in [1.29, 1.82) is 0 Å². The summed E-state index contributed by atoms with van der Waals surface area (Å²) in [4.78, 5) is 2.23. The molecule has 0 aliphatic carbocycles. The van der Waals surface area contributed by atoms with E-state index in [0.717, 1.165) is 25.3 Å². The van der Waals surface area contributed by atoms with Gasteiger partial charge in [0, 0.05) is 17.5 Å². The monoisotopic (exact) mass is 272 g/mol. The Morgan fingerprint density at radius 1 is 1.10 bits per heavy atom. The minimum Gasteiger partial charge on any atom is -0.496 e. The molecule has 0 aliphatic heterocycles. The van der Waals surface area contributed by atoms with Crippen molar-refractivity contribution in [3.63, 3.8) is 0 Å². The fraction of sp³-hybridized carbons (Fsp3) is 0.412. The van der Waals surface area contributed by atoms with E-state index in [0.29, 0.717) is 0 Å². The molecule has 0 amide bonds. The first kappa shape index (κ1) is 14.7. The van der Waals surface area contributed by atoms with E-state index < -0.39 is 0 Å². The second-order valence-electron chi connectivity index (χ2n) is 5.35. The Morgan fingerprint density at radius 3 is 2.65 bits per heavy atom. The van der Waals surface area contributed by atoms with Crippen molar-refractivity contribution in [3.8, 4) is 5.75 Å². The Balaban J connectivity index is 2.04. The number of hydrogen-bond acceptors (Lipinski definition) is 2. The highest BCUT2D eigenvalue weighted by atomic mass is 16.5. The highest BCUT2D eigenvalue weighted by Gasteiger charge is 2.06. The largest absolute Gasteiger partial charge is 0.496 e. The molecular formula is C17H24N2O. The van der Waals surface area contributed by atoms with Gasteiger partial charge in [0.15, 0.2) is 0 Å². The molecule has 2 aromatic rings. The normalized spacial score (nSPS) is 11.0. The Bertz CT molecular complexity index is 531. The molecule has 0 aliphatic rings. The van der Waals surface area contributed by atoms with Crippen molar-refractivity contribution in [1.82, 2.24) is 9.47 Å². The first-order valence-electron chi connectivity index (χ1n) is 7.11. The molecule has 0 fully saturated rings. The number of hydrogen-bond donors (Lipinski definition) is 0. The van der Waals surface area contributed by atoms with Gasteiger partial charge >= 0.3 is 0 Å². The lowest BCUT2D eigenvalue weighted by Gasteiger charge is -2.13. The topological polar surface area (TPSA) is 17.4 Å². The van der Waals surface area contributed by atoms with Gasteiger partial charge in [0.25, 0.3) is 0 Å². The molecule has 20 heavy (non-hydrogen) atoms. The molecule has 0 unspecified atom stereocenters. The maximum atomic E-state index is 5.43. The van der Waals surface area contributed by atoms with Crippen molar-refractivity contribution < 1.29 is 4.74 Å². The van der Waals surface area contributed by atoms with Gasteiger partial charge in [0.05, 0.1) is 13.7 Å². The molecule has 0 atom stereocenters. The third kappa shape index (κ3) is 3.87. The zero-order valence-electron chi connectivity index (χ0n) is 12.7. The van der Waals surface area contributed by atoms with E-state index >= 15 is 0 Å². The first-order valence-corrected chi connectivity index (χ1v) is 7.11. The molecular weight excluding hydrogens is 248 g/mol. The minimum atomic E-state index is 0.869. The van der Waals surface area contributed by atoms with Crippen molar-refractivity contribution in [2.75, 3.05) is 27.7 Å². The predicted molar refractivity (Wildman–Crippen MR) is 83.4 cm³/mol. The van der Waals surface area contributed by atoms with Crippen LogP contribution in [0.15, 0.2) is 42.6 Å². The number of rotatable bonds is 7. The van der Waals surface area contributed by atoms with E-state index in [1.165, 1.54) is 17.7 Å². The number of aromatic nitrogens is 1. The molecule has 3 heteroatoms. The summed E-state index contributed by atoms with van der Waals surface area (Å²) in [7, 11) is 5.97. The zero-order valence-corrected chi connectivity index (χ0v) is 12.7. The van der Waals surface area contributed by atoms with Gasteiger partial charge in [0.2, 0.25) is 0 Å². The van der Waals surface area contributed by atoms with Crippen LogP contribution in [0.3, 0.4) is 0 Å². The van der Waals surface area contributed by atoms with Gasteiger partial charge in [-0.3, -0.25) is 0 Å². The van der Waals surface area contributed by atoms with Crippen molar-refractivity contribution in [2.45, 2.75) is 19.4 Å². The van der Waals surface area contributed by atoms with E-state index in [4.69, 9.17) is 4.74 Å². The second-order valence-corrected chi connectivity index (χ2v) is 5.35. The summed E-state index contributed by atoms with van der Waals surface area (Å²) < 4.78 is 7.74. The smallest absolute Gasteiger partial charge is 0.123 e. The Kier molecular flexibility index (Phi) is 5.24. The number of ether oxygens (including phenoxy) is 1. The van der Waals surface area contributed by atoms with Gasteiger partial charge in [-0.05, 0) is 51.7 Å². The highest BCUT2D eigenvalue weighted by molar-refractivity contribution is 5.33. The summed E-state index contributed by atoms with van der Waals surface area (Å²) in [5.74, 6) is 0.959. The van der Waals surface area contributed by atoms with Crippen molar-refractivity contribution >= 4 is 0 Å². The van der Waals surface area contributed by atoms with Crippen LogP contribution in [0.5, 0.6) is 5.75 Å². The Morgan fingerprint density at radius 2 is 1.90 bits per heavy atom. The highest BCUT2D eigenvalue weighted by Crippen LogP contribution is 2.19. The second kappa shape index (κ2) is 7.15. The minimum absolute atomic E-state index is 0.869. The molecule has 0 N–H and O–H groups in total. The molecule has 2 rings (SSSR count). The van der Waals surface area contributed by atoms with Crippen LogP contribution in [0.1, 0.15) is 17.7 Å². The Hall–Kier alpha value is -1.74. The van der Waals surface area contributed by atoms with Crippen LogP contribution < -0.4 is 4.74 Å². The molecule has 0 radical (unpaired) electrons. The number of benzene rings is 1. The molecule has 0 saturated heterocycles. The maximum Gasteiger partial charge on any atom is 0.123 e. The molecule has 108 valence electrons. The summed E-state index contributed by atoms with van der Waals surface area (Å²) in [6.45, 7) is 1.99. The van der Waals surface area contributed by atoms with Crippen LogP contribution in [0, 0.1) is 0 Å². The standard InChI is InChI=1S/C17H24N2O/c1-18(2)12-6-9-16-10-7-13-19(16)14-15-8-4-5-11-17(15)20-3/h4-5,7-8,10-11,13H,6,9,12,14H2,1-3H3. The summed E-state index contributed by atoms with van der Waals surface area (Å²) in [5.41, 5.74) is 2.61. The molecule has 1 aromatic carbocycles. The van der Waals surface area contributed by atoms with Crippen LogP contribution in [0.4, 0.5) is 0 Å². The number of nitrogens with zero attached hydrogens (tertiary/aromatic N) is 2. The average molecular weight is 272 g/mol. The van der Waals surface area contributed by atoms with Crippen LogP contribution in [0.2, 0.25) is 0 Å². The summed E-state index contributed by atoms with van der Waals surface area (Å²) in [5, 5.41) is 0. The van der Waals surface area contributed by atoms with Gasteiger partial charge in [-0.25, -0.2) is 0 Å². The van der Waals surface area contributed by atoms with Gasteiger partial charge in [-0.2, -0.15) is 0 Å². The van der Waals surface area contributed by atoms with E-state index in [-0.39, 0.29) is 0 Å². The molecule has 0 bridgehead atoms. The van der Waals surface area contributed by atoms with Crippen molar-refractivity contribution in [2.24, 2.45) is 0 Å². The molecule has 1 heterocycles. The van der Waals surface area contributed by atoms with E-state index in [1.54, 1.807) is 7.11 Å². The lowest BCUT2D eigenvalue weighted by atomic mass is 10.2. The van der Waals surface area contributed by atoms with E-state index in [9.17, 15) is 0 Å². The third-order valence-corrected chi connectivity index (χ3v) is 3.49. The van der Waals surface area contributed by atoms with E-state index in [1.807, 2.05) is 12.1 Å². The van der Waals surface area contributed by atoms with Crippen LogP contribution in [-0.2, 0) is 13.0 Å². The third-order valence-electron chi connectivity index (χ3n) is 3.49. The van der Waals surface area contributed by atoms with Gasteiger partial charge < -0.3 is 14.2 Å². The van der Waals surface area contributed by atoms with Crippen LogP contribution in [-0.4, -0.2) is 37.2 Å². The van der Waals surface area contributed by atoms with Gasteiger partial charge in [0.1, 0.15) is 5.75 Å². The number of aryl methyl sites for hydroxylation is 1. The first-order chi connectivity index (χ1) is 9.70. The SMILES string of the molecule is COc1ccccc1Cn1cccc1CCCN(C)C. The molecule has 3 nitrogen and oxygen atoms in total. The van der Waals surface area contributed by atoms with Crippen LogP contribution >= 0.6 is 0 Å². The summed E-state index contributed by atoms with van der Waals surface area (Å²) in [6.07, 6.45) is 4.45. The number of para-hydroxylation sites is 1. The lowest BCUT2D eigenvalue weighted by Crippen LogP contribution is -2.14. The fourth-order valence-electron chi connectivity index (χ4n) is 2.42. The summed E-state index contributed by atoms with van der Waals surface area (Å²) >= 11 is 0. The average Bonchev–Trinajstić information content (AvgIpc) is 2.86. The van der Waals surface area contributed by atoms with Gasteiger partial charge in [-0.1, -0.05) is 18.2 Å². The zero-order chi connectivity index (χ0) is 14.4. The molecule has 0 saturated carbocycles. The van der Waals surface area contributed by atoms with Crippen LogP contribution in [0.25, 0.3) is 0 Å². The molecule has 0 spiro atoms. The fourth-order valence-corrected chi connectivity index (χ4v) is 2.42. The summed E-state index contributed by atoms with van der Waals surface area (Å²) in [6, 6.07) is 12.6. The van der Waals surface area contributed by atoms with Crippen molar-refractivity contribution in [3.05, 3.63) is 53.9 Å². The maximum absolute atomic E-state index is 5.43. The Labute approximate surface area is 121 Å². The predicted octanol–water partition coefficient (Wildman–Crippen LogP) is 3.04. The lowest BCUT2D eigenvalue weighted by molar-refractivity contribution is 0.397.